The number of hydrogen-bond donors (Lipinski definition) is 0. The first kappa shape index (κ1) is 9.83. The molecule has 1 radical (unpaired) electrons. The normalized spacial score (nSPS) is 24.9. The van der Waals surface area contributed by atoms with Crippen LogP contribution in [0.1, 0.15) is 51.9 Å². The van der Waals surface area contributed by atoms with Crippen molar-refractivity contribution in [3.8, 4) is 0 Å². The molecule has 1 atom stereocenters. The molecule has 0 amide bonds. The Hall–Kier alpha value is -0.260. The van der Waals surface area contributed by atoms with E-state index in [9.17, 15) is 0 Å². The second kappa shape index (κ2) is 6.28. The number of allylic oxidation sites excluding steroid dienone is 2. The molecule has 0 bridgehead atoms. The second-order valence-electron chi connectivity index (χ2n) is 3.79. The van der Waals surface area contributed by atoms with E-state index in [1.807, 2.05) is 0 Å². The maximum absolute atomic E-state index is 2.43. The van der Waals surface area contributed by atoms with Gasteiger partial charge in [0, 0.05) is 0 Å². The number of rotatable bonds is 3. The molecular formula is C12H21. The molecule has 0 spiro atoms. The van der Waals surface area contributed by atoms with Gasteiger partial charge in [0.05, 0.1) is 0 Å². The Morgan fingerprint density at radius 1 is 1.33 bits per heavy atom. The lowest BCUT2D eigenvalue weighted by Gasteiger charge is -2.15. The van der Waals surface area contributed by atoms with Gasteiger partial charge in [-0.1, -0.05) is 38.3 Å². The summed E-state index contributed by atoms with van der Waals surface area (Å²) in [7, 11) is 0. The fourth-order valence-corrected chi connectivity index (χ4v) is 1.84. The maximum atomic E-state index is 2.43. The van der Waals surface area contributed by atoms with E-state index in [0.717, 1.165) is 5.92 Å². The summed E-state index contributed by atoms with van der Waals surface area (Å²) >= 11 is 0. The molecule has 0 aromatic carbocycles. The molecule has 0 heteroatoms. The van der Waals surface area contributed by atoms with Crippen molar-refractivity contribution in [3.05, 3.63) is 18.6 Å². The molecule has 1 aliphatic rings. The van der Waals surface area contributed by atoms with Crippen molar-refractivity contribution in [3.63, 3.8) is 0 Å². The molecule has 1 unspecified atom stereocenters. The lowest BCUT2D eigenvalue weighted by atomic mass is 9.90. The Labute approximate surface area is 77.1 Å². The van der Waals surface area contributed by atoms with Crippen LogP contribution in [-0.4, -0.2) is 0 Å². The quantitative estimate of drug-likeness (QED) is 0.552. The zero-order valence-electron chi connectivity index (χ0n) is 8.26. The summed E-state index contributed by atoms with van der Waals surface area (Å²) in [5.41, 5.74) is 0. The molecule has 0 aromatic rings. The first-order valence-corrected chi connectivity index (χ1v) is 5.40. The SMILES string of the molecule is CC[CH]CC1CC=CCCCC1. The van der Waals surface area contributed by atoms with Crippen molar-refractivity contribution < 1.29 is 0 Å². The van der Waals surface area contributed by atoms with E-state index in [0.29, 0.717) is 0 Å². The van der Waals surface area contributed by atoms with Crippen LogP contribution >= 0.6 is 0 Å². The monoisotopic (exact) mass is 165 g/mol. The van der Waals surface area contributed by atoms with E-state index >= 15 is 0 Å². The summed E-state index contributed by atoms with van der Waals surface area (Å²) in [6.45, 7) is 2.23. The third-order valence-corrected chi connectivity index (χ3v) is 2.66. The Morgan fingerprint density at radius 2 is 2.25 bits per heavy atom. The second-order valence-corrected chi connectivity index (χ2v) is 3.79. The molecule has 69 valence electrons. The van der Waals surface area contributed by atoms with Crippen LogP contribution in [0.15, 0.2) is 12.2 Å². The van der Waals surface area contributed by atoms with Gasteiger partial charge in [0.15, 0.2) is 0 Å². The number of unbranched alkanes of at least 4 members (excludes halogenated alkanes) is 1. The van der Waals surface area contributed by atoms with Crippen LogP contribution in [-0.2, 0) is 0 Å². The molecule has 0 N–H and O–H groups in total. The van der Waals surface area contributed by atoms with Crippen LogP contribution in [0, 0.1) is 12.3 Å². The lowest BCUT2D eigenvalue weighted by molar-refractivity contribution is 0.448. The molecule has 0 saturated heterocycles. The first-order valence-electron chi connectivity index (χ1n) is 5.40. The minimum Gasteiger partial charge on any atom is -0.0885 e. The molecule has 0 saturated carbocycles. The van der Waals surface area contributed by atoms with Crippen LogP contribution < -0.4 is 0 Å². The van der Waals surface area contributed by atoms with Gasteiger partial charge < -0.3 is 0 Å². The summed E-state index contributed by atoms with van der Waals surface area (Å²) in [5, 5.41) is 0. The minimum atomic E-state index is 0.946. The fourth-order valence-electron chi connectivity index (χ4n) is 1.84. The van der Waals surface area contributed by atoms with Gasteiger partial charge in [0.1, 0.15) is 0 Å². The van der Waals surface area contributed by atoms with Crippen LogP contribution in [0.25, 0.3) is 0 Å². The van der Waals surface area contributed by atoms with Crippen LogP contribution in [0.3, 0.4) is 0 Å². The molecule has 1 aliphatic carbocycles. The highest BCUT2D eigenvalue weighted by atomic mass is 14.1. The predicted octanol–water partition coefficient (Wildman–Crippen LogP) is 4.13. The van der Waals surface area contributed by atoms with Crippen molar-refractivity contribution in [1.29, 1.82) is 0 Å². The van der Waals surface area contributed by atoms with Crippen molar-refractivity contribution >= 4 is 0 Å². The van der Waals surface area contributed by atoms with E-state index in [1.165, 1.54) is 44.9 Å². The average molecular weight is 165 g/mol. The Kier molecular flexibility index (Phi) is 5.14. The highest BCUT2D eigenvalue weighted by molar-refractivity contribution is 4.87. The van der Waals surface area contributed by atoms with Gasteiger partial charge in [-0.05, 0) is 38.0 Å². The topological polar surface area (TPSA) is 0 Å². The van der Waals surface area contributed by atoms with Crippen LogP contribution in [0.5, 0.6) is 0 Å². The predicted molar refractivity (Wildman–Crippen MR) is 54.9 cm³/mol. The van der Waals surface area contributed by atoms with Gasteiger partial charge in [-0.3, -0.25) is 0 Å². The highest BCUT2D eigenvalue weighted by Gasteiger charge is 2.07. The van der Waals surface area contributed by atoms with Gasteiger partial charge in [-0.25, -0.2) is 0 Å². The van der Waals surface area contributed by atoms with Crippen molar-refractivity contribution in [2.75, 3.05) is 0 Å². The van der Waals surface area contributed by atoms with E-state index < -0.39 is 0 Å². The van der Waals surface area contributed by atoms with Crippen molar-refractivity contribution in [2.45, 2.75) is 51.9 Å². The van der Waals surface area contributed by atoms with Crippen LogP contribution in [0.4, 0.5) is 0 Å². The standard InChI is InChI=1S/C12H21/c1-2-3-9-12-10-7-5-4-6-8-11-12/h3,5,7,12H,2,4,6,8-11H2,1H3. The highest BCUT2D eigenvalue weighted by Crippen LogP contribution is 2.22. The molecule has 0 fully saturated rings. The third kappa shape index (κ3) is 3.94. The average Bonchev–Trinajstić information content (AvgIpc) is 2.02. The first-order chi connectivity index (χ1) is 5.93. The number of hydrogen-bond acceptors (Lipinski definition) is 0. The largest absolute Gasteiger partial charge is 0.0885 e. The summed E-state index contributed by atoms with van der Waals surface area (Å²) in [5.74, 6) is 0.946. The molecular weight excluding hydrogens is 144 g/mol. The summed E-state index contributed by atoms with van der Waals surface area (Å²) < 4.78 is 0. The summed E-state index contributed by atoms with van der Waals surface area (Å²) in [6, 6.07) is 0. The van der Waals surface area contributed by atoms with Gasteiger partial charge in [0.2, 0.25) is 0 Å². The smallest absolute Gasteiger partial charge is 0.0322 e. The fraction of sp³-hybridized carbons (Fsp3) is 0.750. The van der Waals surface area contributed by atoms with Gasteiger partial charge >= 0.3 is 0 Å². The zero-order valence-corrected chi connectivity index (χ0v) is 8.26. The maximum Gasteiger partial charge on any atom is -0.0322 e. The zero-order chi connectivity index (χ0) is 8.65. The Balaban J connectivity index is 2.20. The summed E-state index contributed by atoms with van der Waals surface area (Å²) in [4.78, 5) is 0. The van der Waals surface area contributed by atoms with Crippen molar-refractivity contribution in [1.82, 2.24) is 0 Å². The van der Waals surface area contributed by atoms with Crippen molar-refractivity contribution in [2.24, 2.45) is 5.92 Å². The molecule has 0 aliphatic heterocycles. The Bertz CT molecular complexity index is 124. The van der Waals surface area contributed by atoms with Gasteiger partial charge in [0.25, 0.3) is 0 Å². The molecule has 1 rings (SSSR count). The molecule has 0 nitrogen and oxygen atoms in total. The van der Waals surface area contributed by atoms with E-state index in [2.05, 4.69) is 25.5 Å². The summed E-state index contributed by atoms with van der Waals surface area (Å²) in [6.07, 6.45) is 16.7. The molecule has 0 heterocycles. The lowest BCUT2D eigenvalue weighted by Crippen LogP contribution is -2.01. The minimum absolute atomic E-state index is 0.946. The third-order valence-electron chi connectivity index (χ3n) is 2.66. The van der Waals surface area contributed by atoms with E-state index in [1.54, 1.807) is 0 Å². The van der Waals surface area contributed by atoms with Gasteiger partial charge in [-0.15, -0.1) is 0 Å². The Morgan fingerprint density at radius 3 is 3.08 bits per heavy atom. The van der Waals surface area contributed by atoms with Gasteiger partial charge in [-0.2, -0.15) is 0 Å². The van der Waals surface area contributed by atoms with E-state index in [-0.39, 0.29) is 0 Å². The molecule has 0 aromatic heterocycles. The van der Waals surface area contributed by atoms with Crippen LogP contribution in [0.2, 0.25) is 0 Å². The molecule has 12 heavy (non-hydrogen) atoms. The van der Waals surface area contributed by atoms with E-state index in [4.69, 9.17) is 0 Å².